The number of nitrogen functional groups attached to an aromatic ring is 1. The maximum Gasteiger partial charge on any atom is 0.257 e. The highest BCUT2D eigenvalue weighted by Gasteiger charge is 2.17. The van der Waals surface area contributed by atoms with E-state index >= 15 is 0 Å². The Hall–Kier alpha value is -2.56. The highest BCUT2D eigenvalue weighted by Crippen LogP contribution is 2.23. The molecule has 0 aliphatic heterocycles. The lowest BCUT2D eigenvalue weighted by molar-refractivity contribution is 0.0780. The van der Waals surface area contributed by atoms with Crippen molar-refractivity contribution in [1.29, 1.82) is 0 Å². The van der Waals surface area contributed by atoms with Crippen molar-refractivity contribution in [3.8, 4) is 5.75 Å². The average Bonchev–Trinajstić information content (AvgIpc) is 2.47. The van der Waals surface area contributed by atoms with Crippen molar-refractivity contribution in [1.82, 2.24) is 9.88 Å². The van der Waals surface area contributed by atoms with Crippen LogP contribution in [-0.2, 0) is 6.54 Å². The molecular weight excluding hydrogens is 254 g/mol. The molecule has 104 valence electrons. The Morgan fingerprint density at radius 2 is 2.15 bits per heavy atom. The zero-order chi connectivity index (χ0) is 14.5. The van der Waals surface area contributed by atoms with Gasteiger partial charge in [0.15, 0.2) is 0 Å². The van der Waals surface area contributed by atoms with Crippen LogP contribution < -0.4 is 10.5 Å². The van der Waals surface area contributed by atoms with Crippen molar-refractivity contribution in [3.05, 3.63) is 53.9 Å². The molecular formula is C15H17N3O2. The molecule has 0 aliphatic carbocycles. The van der Waals surface area contributed by atoms with E-state index in [0.717, 1.165) is 5.69 Å². The predicted octanol–water partition coefficient (Wildman–Crippen LogP) is 1.94. The molecule has 5 heteroatoms. The number of carbonyl (C=O) groups is 1. The van der Waals surface area contributed by atoms with Gasteiger partial charge in [-0.05, 0) is 24.3 Å². The third-order valence-electron chi connectivity index (χ3n) is 2.93. The van der Waals surface area contributed by atoms with Crippen LogP contribution in [0.25, 0.3) is 0 Å². The lowest BCUT2D eigenvalue weighted by Crippen LogP contribution is -2.27. The molecule has 0 radical (unpaired) electrons. The first-order chi connectivity index (χ1) is 9.61. The van der Waals surface area contributed by atoms with Gasteiger partial charge in [-0.2, -0.15) is 0 Å². The molecule has 0 fully saturated rings. The fourth-order valence-electron chi connectivity index (χ4n) is 1.90. The number of nitrogens with zero attached hydrogens (tertiary/aromatic N) is 2. The number of amides is 1. The lowest BCUT2D eigenvalue weighted by Gasteiger charge is -2.18. The Kier molecular flexibility index (Phi) is 4.20. The van der Waals surface area contributed by atoms with Gasteiger partial charge in [-0.3, -0.25) is 9.78 Å². The molecule has 0 spiro atoms. The summed E-state index contributed by atoms with van der Waals surface area (Å²) in [6.07, 6.45) is 1.71. The zero-order valence-electron chi connectivity index (χ0n) is 11.5. The van der Waals surface area contributed by atoms with E-state index < -0.39 is 0 Å². The van der Waals surface area contributed by atoms with E-state index in [1.807, 2.05) is 18.2 Å². The SMILES string of the molecule is COc1cc(N)ccc1C(=O)N(C)Cc1ccccn1. The molecule has 0 bridgehead atoms. The quantitative estimate of drug-likeness (QED) is 0.863. The van der Waals surface area contributed by atoms with Crippen LogP contribution in [0.5, 0.6) is 5.75 Å². The first-order valence-corrected chi connectivity index (χ1v) is 6.20. The van der Waals surface area contributed by atoms with Crippen molar-refractivity contribution in [3.63, 3.8) is 0 Å². The molecule has 2 N–H and O–H groups in total. The summed E-state index contributed by atoms with van der Waals surface area (Å²) in [4.78, 5) is 18.2. The van der Waals surface area contributed by atoms with Crippen LogP contribution in [0.3, 0.4) is 0 Å². The van der Waals surface area contributed by atoms with Gasteiger partial charge in [-0.25, -0.2) is 0 Å². The van der Waals surface area contributed by atoms with Crippen LogP contribution in [0.15, 0.2) is 42.6 Å². The number of rotatable bonds is 4. The number of benzene rings is 1. The van der Waals surface area contributed by atoms with Crippen LogP contribution in [0.4, 0.5) is 5.69 Å². The molecule has 20 heavy (non-hydrogen) atoms. The molecule has 2 rings (SSSR count). The van der Waals surface area contributed by atoms with Crippen molar-refractivity contribution < 1.29 is 9.53 Å². The fraction of sp³-hybridized carbons (Fsp3) is 0.200. The van der Waals surface area contributed by atoms with E-state index in [-0.39, 0.29) is 5.91 Å². The molecule has 1 aromatic heterocycles. The van der Waals surface area contributed by atoms with Crippen molar-refractivity contribution in [2.45, 2.75) is 6.54 Å². The molecule has 5 nitrogen and oxygen atoms in total. The highest BCUT2D eigenvalue weighted by atomic mass is 16.5. The van der Waals surface area contributed by atoms with Crippen LogP contribution >= 0.6 is 0 Å². The summed E-state index contributed by atoms with van der Waals surface area (Å²) in [6.45, 7) is 0.438. The van der Waals surface area contributed by atoms with Crippen LogP contribution in [-0.4, -0.2) is 29.9 Å². The van der Waals surface area contributed by atoms with Crippen LogP contribution in [0.1, 0.15) is 16.1 Å². The summed E-state index contributed by atoms with van der Waals surface area (Å²) >= 11 is 0. The average molecular weight is 271 g/mol. The number of ether oxygens (including phenoxy) is 1. The summed E-state index contributed by atoms with van der Waals surface area (Å²) in [5, 5.41) is 0. The first-order valence-electron chi connectivity index (χ1n) is 6.20. The van der Waals surface area contributed by atoms with Gasteiger partial charge in [0.05, 0.1) is 24.9 Å². The summed E-state index contributed by atoms with van der Waals surface area (Å²) in [7, 11) is 3.25. The van der Waals surface area contributed by atoms with E-state index in [4.69, 9.17) is 10.5 Å². The van der Waals surface area contributed by atoms with Crippen molar-refractivity contribution in [2.24, 2.45) is 0 Å². The minimum Gasteiger partial charge on any atom is -0.496 e. The molecule has 0 unspecified atom stereocenters. The highest BCUT2D eigenvalue weighted by molar-refractivity contribution is 5.97. The second kappa shape index (κ2) is 6.06. The second-order valence-electron chi connectivity index (χ2n) is 4.44. The molecule has 1 amide bonds. The molecule has 1 aromatic carbocycles. The summed E-state index contributed by atoms with van der Waals surface area (Å²) in [5.74, 6) is 0.343. The van der Waals surface area contributed by atoms with Gasteiger partial charge in [-0.15, -0.1) is 0 Å². The Balaban J connectivity index is 2.18. The number of aromatic nitrogens is 1. The standard InChI is InChI=1S/C15H17N3O2/c1-18(10-12-5-3-4-8-17-12)15(19)13-7-6-11(16)9-14(13)20-2/h3-9H,10,16H2,1-2H3. The van der Waals surface area contributed by atoms with Gasteiger partial charge in [0.25, 0.3) is 5.91 Å². The topological polar surface area (TPSA) is 68.5 Å². The largest absolute Gasteiger partial charge is 0.496 e. The molecule has 2 aromatic rings. The van der Waals surface area contributed by atoms with E-state index in [1.54, 1.807) is 36.3 Å². The minimum atomic E-state index is -0.132. The molecule has 0 saturated carbocycles. The molecule has 0 aliphatic rings. The fourth-order valence-corrected chi connectivity index (χ4v) is 1.90. The summed E-state index contributed by atoms with van der Waals surface area (Å²) < 4.78 is 5.20. The maximum absolute atomic E-state index is 12.4. The van der Waals surface area contributed by atoms with Crippen LogP contribution in [0, 0.1) is 0 Å². The zero-order valence-corrected chi connectivity index (χ0v) is 11.5. The minimum absolute atomic E-state index is 0.132. The summed E-state index contributed by atoms with van der Waals surface area (Å²) in [5.41, 5.74) is 7.57. The Labute approximate surface area is 118 Å². The van der Waals surface area contributed by atoms with Crippen molar-refractivity contribution in [2.75, 3.05) is 19.9 Å². The van der Waals surface area contributed by atoms with Gasteiger partial charge >= 0.3 is 0 Å². The van der Waals surface area contributed by atoms with Crippen LogP contribution in [0.2, 0.25) is 0 Å². The third kappa shape index (κ3) is 3.06. The van der Waals surface area contributed by atoms with Gasteiger partial charge < -0.3 is 15.4 Å². The Bertz CT molecular complexity index is 599. The first kappa shape index (κ1) is 13.9. The monoisotopic (exact) mass is 271 g/mol. The van der Waals surface area contributed by atoms with Crippen molar-refractivity contribution >= 4 is 11.6 Å². The third-order valence-corrected chi connectivity index (χ3v) is 2.93. The van der Waals surface area contributed by atoms with Gasteiger partial charge in [-0.1, -0.05) is 6.07 Å². The number of hydrogen-bond donors (Lipinski definition) is 1. The number of anilines is 1. The number of nitrogens with two attached hydrogens (primary N) is 1. The Morgan fingerprint density at radius 1 is 1.35 bits per heavy atom. The van der Waals surface area contributed by atoms with Gasteiger partial charge in [0, 0.05) is 25.0 Å². The van der Waals surface area contributed by atoms with Gasteiger partial charge in [0.1, 0.15) is 5.75 Å². The molecule has 1 heterocycles. The van der Waals surface area contributed by atoms with E-state index in [0.29, 0.717) is 23.5 Å². The second-order valence-corrected chi connectivity index (χ2v) is 4.44. The maximum atomic E-state index is 12.4. The van der Waals surface area contributed by atoms with E-state index in [2.05, 4.69) is 4.98 Å². The number of carbonyl (C=O) groups excluding carboxylic acids is 1. The molecule has 0 saturated heterocycles. The smallest absolute Gasteiger partial charge is 0.257 e. The number of methoxy groups -OCH3 is 1. The number of pyridine rings is 1. The normalized spacial score (nSPS) is 10.1. The predicted molar refractivity (Wildman–Crippen MR) is 77.4 cm³/mol. The Morgan fingerprint density at radius 3 is 2.80 bits per heavy atom. The summed E-state index contributed by atoms with van der Waals surface area (Å²) in [6, 6.07) is 10.6. The lowest BCUT2D eigenvalue weighted by atomic mass is 10.1. The van der Waals surface area contributed by atoms with E-state index in [9.17, 15) is 4.79 Å². The van der Waals surface area contributed by atoms with Gasteiger partial charge in [0.2, 0.25) is 0 Å². The molecule has 0 atom stereocenters. The number of hydrogen-bond acceptors (Lipinski definition) is 4. The van der Waals surface area contributed by atoms with E-state index in [1.165, 1.54) is 7.11 Å².